The highest BCUT2D eigenvalue weighted by Crippen LogP contribution is 2.27. The van der Waals surface area contributed by atoms with Crippen LogP contribution in [0.4, 0.5) is 11.5 Å². The summed E-state index contributed by atoms with van der Waals surface area (Å²) in [6, 6.07) is 6.05. The number of nitrogens with one attached hydrogen (secondary N) is 2. The minimum atomic E-state index is -0.238. The van der Waals surface area contributed by atoms with Gasteiger partial charge in [0.05, 0.1) is 12.4 Å². The van der Waals surface area contributed by atoms with Crippen LogP contribution < -0.4 is 10.6 Å². The number of benzene rings is 1. The molecule has 0 aliphatic heterocycles. The molecule has 5 nitrogen and oxygen atoms in total. The first-order valence-electron chi connectivity index (χ1n) is 8.85. The van der Waals surface area contributed by atoms with Crippen LogP contribution in [0.15, 0.2) is 30.6 Å². The highest BCUT2D eigenvalue weighted by Gasteiger charge is 2.14. The van der Waals surface area contributed by atoms with E-state index in [2.05, 4.69) is 48.3 Å². The van der Waals surface area contributed by atoms with Gasteiger partial charge in [-0.3, -0.25) is 4.79 Å². The number of hydrogen-bond donors (Lipinski definition) is 2. The maximum Gasteiger partial charge on any atom is 0.275 e. The first-order valence-corrected chi connectivity index (χ1v) is 8.85. The van der Waals surface area contributed by atoms with Crippen LogP contribution in [0.5, 0.6) is 0 Å². The Morgan fingerprint density at radius 2 is 1.88 bits per heavy atom. The highest BCUT2D eigenvalue weighted by molar-refractivity contribution is 6.03. The fourth-order valence-electron chi connectivity index (χ4n) is 2.55. The van der Waals surface area contributed by atoms with Gasteiger partial charge in [-0.05, 0) is 36.3 Å². The predicted octanol–water partition coefficient (Wildman–Crippen LogP) is 4.62. The van der Waals surface area contributed by atoms with Gasteiger partial charge in [0.2, 0.25) is 0 Å². The number of amides is 1. The first-order chi connectivity index (χ1) is 11.9. The average Bonchev–Trinajstić information content (AvgIpc) is 2.56. The Kier molecular flexibility index (Phi) is 6.51. The molecule has 0 unspecified atom stereocenters. The second kappa shape index (κ2) is 8.60. The Hall–Kier alpha value is -2.43. The third-order valence-corrected chi connectivity index (χ3v) is 4.08. The molecule has 0 bridgehead atoms. The summed E-state index contributed by atoms with van der Waals surface area (Å²) in [6.45, 7) is 11.4. The van der Waals surface area contributed by atoms with E-state index >= 15 is 0 Å². The third kappa shape index (κ3) is 5.28. The van der Waals surface area contributed by atoms with E-state index in [4.69, 9.17) is 0 Å². The minimum Gasteiger partial charge on any atom is -0.369 e. The van der Waals surface area contributed by atoms with Crippen molar-refractivity contribution in [3.8, 4) is 0 Å². The molecule has 0 saturated carbocycles. The van der Waals surface area contributed by atoms with Crippen molar-refractivity contribution in [2.75, 3.05) is 17.2 Å². The Bertz CT molecular complexity index is 708. The maximum absolute atomic E-state index is 12.5. The maximum atomic E-state index is 12.5. The van der Waals surface area contributed by atoms with Crippen molar-refractivity contribution in [3.05, 3.63) is 47.4 Å². The average molecular weight is 340 g/mol. The van der Waals surface area contributed by atoms with E-state index in [0.29, 0.717) is 23.3 Å². The standard InChI is InChI=1S/C20H28N4O/c1-13(2)9-10-21-18-12-22-17(11-23-18)20(25)24-19-15(5)7-6-8-16(19)14(3)4/h6-8,11-14H,9-10H2,1-5H3,(H,21,23)(H,24,25). The van der Waals surface area contributed by atoms with Crippen molar-refractivity contribution in [2.45, 2.75) is 47.0 Å². The molecule has 25 heavy (non-hydrogen) atoms. The summed E-state index contributed by atoms with van der Waals surface area (Å²) in [7, 11) is 0. The van der Waals surface area contributed by atoms with Crippen LogP contribution in [0, 0.1) is 12.8 Å². The summed E-state index contributed by atoms with van der Waals surface area (Å²) in [6.07, 6.45) is 4.19. The summed E-state index contributed by atoms with van der Waals surface area (Å²) in [4.78, 5) is 21.0. The Labute approximate surface area is 150 Å². The number of aromatic nitrogens is 2. The molecule has 0 atom stereocenters. The van der Waals surface area contributed by atoms with Gasteiger partial charge in [-0.15, -0.1) is 0 Å². The molecule has 5 heteroatoms. The van der Waals surface area contributed by atoms with Crippen LogP contribution in [0.25, 0.3) is 0 Å². The molecule has 1 aromatic heterocycles. The molecule has 2 N–H and O–H groups in total. The fourth-order valence-corrected chi connectivity index (χ4v) is 2.55. The Morgan fingerprint density at radius 1 is 1.12 bits per heavy atom. The third-order valence-electron chi connectivity index (χ3n) is 4.08. The van der Waals surface area contributed by atoms with Crippen molar-refractivity contribution in [3.63, 3.8) is 0 Å². The van der Waals surface area contributed by atoms with Crippen LogP contribution in [0.1, 0.15) is 61.6 Å². The lowest BCUT2D eigenvalue weighted by molar-refractivity contribution is 0.102. The molecule has 0 aliphatic rings. The zero-order valence-corrected chi connectivity index (χ0v) is 15.8. The van der Waals surface area contributed by atoms with Crippen LogP contribution >= 0.6 is 0 Å². The number of aryl methyl sites for hydroxylation is 1. The van der Waals surface area contributed by atoms with Crippen LogP contribution in [0.3, 0.4) is 0 Å². The van der Waals surface area contributed by atoms with Gasteiger partial charge in [0.25, 0.3) is 5.91 Å². The highest BCUT2D eigenvalue weighted by atomic mass is 16.1. The van der Waals surface area contributed by atoms with E-state index in [0.717, 1.165) is 29.8 Å². The first kappa shape index (κ1) is 18.9. The number of para-hydroxylation sites is 1. The van der Waals surface area contributed by atoms with Crippen LogP contribution in [-0.4, -0.2) is 22.4 Å². The SMILES string of the molecule is Cc1cccc(C(C)C)c1NC(=O)c1cnc(NCCC(C)C)cn1. The second-order valence-electron chi connectivity index (χ2n) is 7.04. The molecule has 134 valence electrons. The van der Waals surface area contributed by atoms with Gasteiger partial charge < -0.3 is 10.6 Å². The van der Waals surface area contributed by atoms with E-state index in [1.54, 1.807) is 6.20 Å². The van der Waals surface area contributed by atoms with Gasteiger partial charge in [0.1, 0.15) is 11.5 Å². The number of anilines is 2. The van der Waals surface area contributed by atoms with E-state index in [1.807, 2.05) is 25.1 Å². The molecule has 0 saturated heterocycles. The molecule has 0 fully saturated rings. The van der Waals surface area contributed by atoms with Gasteiger partial charge >= 0.3 is 0 Å². The zero-order chi connectivity index (χ0) is 18.4. The van der Waals surface area contributed by atoms with Crippen LogP contribution in [-0.2, 0) is 0 Å². The van der Waals surface area contributed by atoms with Gasteiger partial charge in [0, 0.05) is 12.2 Å². The van der Waals surface area contributed by atoms with E-state index in [1.165, 1.54) is 6.20 Å². The largest absolute Gasteiger partial charge is 0.369 e. The molecule has 1 aromatic carbocycles. The number of nitrogens with zero attached hydrogens (tertiary/aromatic N) is 2. The molecule has 0 aliphatic carbocycles. The van der Waals surface area contributed by atoms with Crippen molar-refractivity contribution >= 4 is 17.4 Å². The van der Waals surface area contributed by atoms with Gasteiger partial charge in [-0.25, -0.2) is 9.97 Å². The van der Waals surface area contributed by atoms with Gasteiger partial charge in [-0.2, -0.15) is 0 Å². The van der Waals surface area contributed by atoms with Crippen molar-refractivity contribution in [1.29, 1.82) is 0 Å². The van der Waals surface area contributed by atoms with Gasteiger partial charge in [-0.1, -0.05) is 45.9 Å². The number of rotatable bonds is 7. The Morgan fingerprint density at radius 3 is 2.48 bits per heavy atom. The van der Waals surface area contributed by atoms with E-state index < -0.39 is 0 Å². The Balaban J connectivity index is 2.07. The molecule has 0 spiro atoms. The van der Waals surface area contributed by atoms with E-state index in [-0.39, 0.29) is 5.91 Å². The van der Waals surface area contributed by atoms with E-state index in [9.17, 15) is 4.79 Å². The molecule has 2 rings (SSSR count). The van der Waals surface area contributed by atoms with Gasteiger partial charge in [0.15, 0.2) is 0 Å². The lowest BCUT2D eigenvalue weighted by atomic mass is 9.98. The molecule has 0 radical (unpaired) electrons. The summed E-state index contributed by atoms with van der Waals surface area (Å²) < 4.78 is 0. The monoisotopic (exact) mass is 340 g/mol. The minimum absolute atomic E-state index is 0.238. The molecule has 1 amide bonds. The quantitative estimate of drug-likeness (QED) is 0.772. The lowest BCUT2D eigenvalue weighted by Crippen LogP contribution is -2.17. The summed E-state index contributed by atoms with van der Waals surface area (Å²) in [5.74, 6) is 1.41. The summed E-state index contributed by atoms with van der Waals surface area (Å²) in [5, 5.41) is 6.21. The number of hydrogen-bond acceptors (Lipinski definition) is 4. The smallest absolute Gasteiger partial charge is 0.275 e. The van der Waals surface area contributed by atoms with Crippen molar-refractivity contribution < 1.29 is 4.79 Å². The molecule has 1 heterocycles. The van der Waals surface area contributed by atoms with Crippen LogP contribution in [0.2, 0.25) is 0 Å². The topological polar surface area (TPSA) is 66.9 Å². The molecular formula is C20H28N4O. The number of carbonyl (C=O) groups is 1. The van der Waals surface area contributed by atoms with Crippen molar-refractivity contribution in [2.24, 2.45) is 5.92 Å². The summed E-state index contributed by atoms with van der Waals surface area (Å²) >= 11 is 0. The number of carbonyl (C=O) groups excluding carboxylic acids is 1. The normalized spacial score (nSPS) is 11.0. The second-order valence-corrected chi connectivity index (χ2v) is 7.04. The molecular weight excluding hydrogens is 312 g/mol. The molecule has 2 aromatic rings. The lowest BCUT2D eigenvalue weighted by Gasteiger charge is -2.16. The predicted molar refractivity (Wildman–Crippen MR) is 103 cm³/mol. The van der Waals surface area contributed by atoms with Crippen molar-refractivity contribution in [1.82, 2.24) is 9.97 Å². The fraction of sp³-hybridized carbons (Fsp3) is 0.450. The zero-order valence-electron chi connectivity index (χ0n) is 15.8. The summed E-state index contributed by atoms with van der Waals surface area (Å²) in [5.41, 5.74) is 3.34.